The van der Waals surface area contributed by atoms with E-state index in [0.717, 1.165) is 5.56 Å². The van der Waals surface area contributed by atoms with Gasteiger partial charge in [0.05, 0.1) is 0 Å². The average molecular weight is 398 g/mol. The molecule has 0 atom stereocenters. The minimum Gasteiger partial charge on any atom is -0.333 e. The molecule has 0 saturated carbocycles. The molecule has 2 aromatic rings. The lowest BCUT2D eigenvalue weighted by atomic mass is 10.2. The van der Waals surface area contributed by atoms with Gasteiger partial charge in [-0.3, -0.25) is 0 Å². The second-order valence-electron chi connectivity index (χ2n) is 2.38. The number of benzene rings is 1. The highest BCUT2D eigenvalue weighted by Crippen LogP contribution is 2.18. The average Bonchev–Trinajstić information content (AvgIpc) is 2.53. The molecule has 0 spiro atoms. The molecule has 0 amide bonds. The molecule has 2 rings (SSSR count). The summed E-state index contributed by atoms with van der Waals surface area (Å²) in [6.07, 6.45) is 0. The summed E-state index contributed by atoms with van der Waals surface area (Å²) in [6.45, 7) is 0. The van der Waals surface area contributed by atoms with Crippen molar-refractivity contribution in [2.75, 3.05) is 0 Å². The Kier molecular flexibility index (Phi) is 2.82. The molecule has 0 fully saturated rings. The Morgan fingerprint density at radius 3 is 2.31 bits per heavy atom. The predicted octanol–water partition coefficient (Wildman–Crippen LogP) is 2.95. The Balaban J connectivity index is 2.41. The largest absolute Gasteiger partial charge is 0.333 e. The van der Waals surface area contributed by atoms with Crippen molar-refractivity contribution in [1.29, 1.82) is 0 Å². The van der Waals surface area contributed by atoms with Crippen molar-refractivity contribution >= 4 is 45.2 Å². The van der Waals surface area contributed by atoms with E-state index in [1.165, 1.54) is 3.57 Å². The van der Waals surface area contributed by atoms with Crippen LogP contribution in [0.25, 0.3) is 11.5 Å². The van der Waals surface area contributed by atoms with Gasteiger partial charge in [-0.25, -0.2) is 0 Å². The predicted molar refractivity (Wildman–Crippen MR) is 65.2 cm³/mol. The Labute approximate surface area is 102 Å². The number of halogens is 2. The van der Waals surface area contributed by atoms with Crippen LogP contribution in [0.5, 0.6) is 0 Å². The van der Waals surface area contributed by atoms with Crippen LogP contribution in [0.4, 0.5) is 0 Å². The van der Waals surface area contributed by atoms with E-state index in [1.807, 2.05) is 46.9 Å². The Bertz CT molecular complexity index is 410. The van der Waals surface area contributed by atoms with Crippen LogP contribution in [-0.4, -0.2) is 10.1 Å². The third kappa shape index (κ3) is 2.19. The number of rotatable bonds is 1. The lowest BCUT2D eigenvalue weighted by Crippen LogP contribution is -1.78. The second kappa shape index (κ2) is 3.91. The zero-order chi connectivity index (χ0) is 9.26. The van der Waals surface area contributed by atoms with Crippen molar-refractivity contribution in [3.8, 4) is 11.5 Å². The van der Waals surface area contributed by atoms with Gasteiger partial charge >= 0.3 is 0 Å². The van der Waals surface area contributed by atoms with Crippen LogP contribution in [0, 0.1) is 7.40 Å². The zero-order valence-electron chi connectivity index (χ0n) is 6.37. The van der Waals surface area contributed by atoms with Gasteiger partial charge in [-0.15, -0.1) is 0 Å². The molecule has 0 aliphatic heterocycles. The highest BCUT2D eigenvalue weighted by atomic mass is 127. The fourth-order valence-corrected chi connectivity index (χ4v) is 1.59. The molecule has 0 bridgehead atoms. The van der Waals surface area contributed by atoms with Crippen molar-refractivity contribution < 1.29 is 4.52 Å². The number of aromatic nitrogens is 2. The van der Waals surface area contributed by atoms with Crippen LogP contribution in [-0.2, 0) is 0 Å². The van der Waals surface area contributed by atoms with Gasteiger partial charge in [0.2, 0.25) is 3.83 Å². The van der Waals surface area contributed by atoms with Crippen LogP contribution < -0.4 is 0 Å². The molecule has 0 N–H and O–H groups in total. The van der Waals surface area contributed by atoms with Gasteiger partial charge in [0.1, 0.15) is 0 Å². The highest BCUT2D eigenvalue weighted by molar-refractivity contribution is 14.1. The van der Waals surface area contributed by atoms with E-state index in [0.29, 0.717) is 9.72 Å². The van der Waals surface area contributed by atoms with E-state index in [1.54, 1.807) is 0 Å². The fraction of sp³-hybridized carbons (Fsp3) is 0. The van der Waals surface area contributed by atoms with Gasteiger partial charge in [-0.2, -0.15) is 4.98 Å². The van der Waals surface area contributed by atoms with E-state index >= 15 is 0 Å². The van der Waals surface area contributed by atoms with Crippen molar-refractivity contribution in [2.45, 2.75) is 0 Å². The van der Waals surface area contributed by atoms with E-state index in [4.69, 9.17) is 4.52 Å². The summed E-state index contributed by atoms with van der Waals surface area (Å²) >= 11 is 4.27. The molecule has 13 heavy (non-hydrogen) atoms. The SMILES string of the molecule is Ic1ccc(-c2nc(I)no2)cc1. The Morgan fingerprint density at radius 1 is 1.08 bits per heavy atom. The molecule has 66 valence electrons. The molecule has 0 radical (unpaired) electrons. The third-order valence-electron chi connectivity index (χ3n) is 1.49. The highest BCUT2D eigenvalue weighted by Gasteiger charge is 2.05. The standard InChI is InChI=1S/C8H4I2N2O/c9-6-3-1-5(2-4-6)7-11-8(10)12-13-7/h1-4H. The summed E-state index contributed by atoms with van der Waals surface area (Å²) in [5, 5.41) is 3.71. The Morgan fingerprint density at radius 2 is 1.77 bits per heavy atom. The van der Waals surface area contributed by atoms with Gasteiger partial charge in [-0.05, 0) is 46.9 Å². The molecule has 3 nitrogen and oxygen atoms in total. The summed E-state index contributed by atoms with van der Waals surface area (Å²) in [6, 6.07) is 7.94. The maximum Gasteiger partial charge on any atom is 0.258 e. The summed E-state index contributed by atoms with van der Waals surface area (Å²) in [4.78, 5) is 4.12. The number of hydrogen-bond donors (Lipinski definition) is 0. The monoisotopic (exact) mass is 398 g/mol. The van der Waals surface area contributed by atoms with E-state index < -0.39 is 0 Å². The second-order valence-corrected chi connectivity index (χ2v) is 4.59. The minimum atomic E-state index is 0.570. The lowest BCUT2D eigenvalue weighted by molar-refractivity contribution is 0.426. The third-order valence-corrected chi connectivity index (χ3v) is 2.65. The molecule has 0 unspecified atom stereocenters. The van der Waals surface area contributed by atoms with E-state index in [-0.39, 0.29) is 0 Å². The van der Waals surface area contributed by atoms with Crippen molar-refractivity contribution in [3.63, 3.8) is 0 Å². The van der Waals surface area contributed by atoms with E-state index in [2.05, 4.69) is 32.7 Å². The van der Waals surface area contributed by atoms with Crippen molar-refractivity contribution in [2.24, 2.45) is 0 Å². The summed E-state index contributed by atoms with van der Waals surface area (Å²) in [7, 11) is 0. The fourth-order valence-electron chi connectivity index (χ4n) is 0.915. The first-order chi connectivity index (χ1) is 6.25. The first kappa shape index (κ1) is 9.38. The smallest absolute Gasteiger partial charge is 0.258 e. The molecule has 0 aliphatic rings. The normalized spacial score (nSPS) is 10.3. The molecular weight excluding hydrogens is 394 g/mol. The maximum absolute atomic E-state index is 5.02. The molecular formula is C8H4I2N2O. The van der Waals surface area contributed by atoms with Gasteiger partial charge in [0, 0.05) is 31.7 Å². The number of nitrogens with zero attached hydrogens (tertiary/aromatic N) is 2. The quantitative estimate of drug-likeness (QED) is 0.694. The van der Waals surface area contributed by atoms with Crippen molar-refractivity contribution in [3.05, 3.63) is 31.7 Å². The van der Waals surface area contributed by atoms with E-state index in [9.17, 15) is 0 Å². The van der Waals surface area contributed by atoms with Gasteiger partial charge in [0.15, 0.2) is 0 Å². The zero-order valence-corrected chi connectivity index (χ0v) is 10.7. The lowest BCUT2D eigenvalue weighted by Gasteiger charge is -1.92. The molecule has 0 saturated heterocycles. The van der Waals surface area contributed by atoms with Crippen LogP contribution in [0.2, 0.25) is 0 Å². The van der Waals surface area contributed by atoms with Gasteiger partial charge in [-0.1, -0.05) is 5.16 Å². The van der Waals surface area contributed by atoms with Crippen LogP contribution in [0.3, 0.4) is 0 Å². The summed E-state index contributed by atoms with van der Waals surface area (Å²) in [5.74, 6) is 0.570. The first-order valence-corrected chi connectivity index (χ1v) is 5.66. The molecule has 1 aromatic carbocycles. The minimum absolute atomic E-state index is 0.570. The molecule has 1 heterocycles. The Hall–Kier alpha value is -0.180. The molecule has 1 aromatic heterocycles. The van der Waals surface area contributed by atoms with Crippen LogP contribution in [0.15, 0.2) is 28.8 Å². The van der Waals surface area contributed by atoms with Crippen LogP contribution >= 0.6 is 45.2 Å². The van der Waals surface area contributed by atoms with Gasteiger partial charge in [0.25, 0.3) is 5.89 Å². The number of hydrogen-bond acceptors (Lipinski definition) is 3. The summed E-state index contributed by atoms with van der Waals surface area (Å²) in [5.41, 5.74) is 0.954. The first-order valence-electron chi connectivity index (χ1n) is 3.51. The van der Waals surface area contributed by atoms with Gasteiger partial charge < -0.3 is 4.52 Å². The molecule has 5 heteroatoms. The van der Waals surface area contributed by atoms with Crippen LogP contribution in [0.1, 0.15) is 0 Å². The summed E-state index contributed by atoms with van der Waals surface area (Å²) < 4.78 is 6.84. The topological polar surface area (TPSA) is 38.9 Å². The molecule has 0 aliphatic carbocycles. The maximum atomic E-state index is 5.02. The van der Waals surface area contributed by atoms with Crippen molar-refractivity contribution in [1.82, 2.24) is 10.1 Å².